The van der Waals surface area contributed by atoms with Gasteiger partial charge in [0.25, 0.3) is 0 Å². The molecule has 0 spiro atoms. The molecular weight excluding hydrogens is 372 g/mol. The van der Waals surface area contributed by atoms with E-state index in [-0.39, 0.29) is 25.2 Å². The van der Waals surface area contributed by atoms with Crippen molar-refractivity contribution >= 4 is 17.9 Å². The summed E-state index contributed by atoms with van der Waals surface area (Å²) in [4.78, 5) is 38.0. The highest BCUT2D eigenvalue weighted by molar-refractivity contribution is 5.86. The quantitative estimate of drug-likeness (QED) is 0.444. The zero-order valence-corrected chi connectivity index (χ0v) is 17.0. The van der Waals surface area contributed by atoms with Crippen LogP contribution < -0.4 is 0 Å². The Morgan fingerprint density at radius 1 is 0.966 bits per heavy atom. The lowest BCUT2D eigenvalue weighted by Crippen LogP contribution is -2.64. The fourth-order valence-corrected chi connectivity index (χ4v) is 6.50. The maximum absolute atomic E-state index is 13.6. The smallest absolute Gasteiger partial charge is 0.313 e. The number of carbonyl (C=O) groups is 3. The van der Waals surface area contributed by atoms with Gasteiger partial charge in [0.15, 0.2) is 0 Å². The Morgan fingerprint density at radius 2 is 1.38 bits per heavy atom. The van der Waals surface area contributed by atoms with Crippen LogP contribution in [0.2, 0.25) is 0 Å². The molecule has 0 aromatic heterocycles. The topological polar surface area (TPSA) is 101 Å². The lowest BCUT2D eigenvalue weighted by Gasteiger charge is -2.62. The molecule has 4 bridgehead atoms. The minimum absolute atomic E-state index is 0.0845. The summed E-state index contributed by atoms with van der Waals surface area (Å²) in [5, 5.41) is 19.9. The van der Waals surface area contributed by atoms with Crippen LogP contribution in [-0.4, -0.2) is 33.7 Å². The second kappa shape index (κ2) is 6.85. The maximum Gasteiger partial charge on any atom is 0.313 e. The third-order valence-corrected chi connectivity index (χ3v) is 7.42. The minimum Gasteiger partial charge on any atom is -0.481 e. The van der Waals surface area contributed by atoms with Crippen molar-refractivity contribution in [1.29, 1.82) is 0 Å². The first-order chi connectivity index (χ1) is 13.5. The number of esters is 1. The molecule has 0 aromatic rings. The molecule has 2 atom stereocenters. The monoisotopic (exact) mass is 402 g/mol. The van der Waals surface area contributed by atoms with Crippen molar-refractivity contribution in [2.45, 2.75) is 63.9 Å². The Kier molecular flexibility index (Phi) is 5.04. The fraction of sp³-hybridized carbons (Fsp3) is 0.609. The highest BCUT2D eigenvalue weighted by Crippen LogP contribution is 2.70. The Hall–Kier alpha value is -2.37. The average molecular weight is 402 g/mol. The predicted molar refractivity (Wildman–Crippen MR) is 107 cm³/mol. The normalized spacial score (nSPS) is 35.0. The number of hydrogen-bond donors (Lipinski definition) is 2. The summed E-state index contributed by atoms with van der Waals surface area (Å²) in [5.74, 6) is -2.63. The molecule has 0 aromatic carbocycles. The van der Waals surface area contributed by atoms with Crippen LogP contribution >= 0.6 is 0 Å². The van der Waals surface area contributed by atoms with E-state index in [0.29, 0.717) is 37.7 Å². The summed E-state index contributed by atoms with van der Waals surface area (Å²) in [6.07, 6.45) is 5.70. The first-order valence-corrected chi connectivity index (χ1v) is 10.1. The zero-order chi connectivity index (χ0) is 21.7. The molecule has 4 aliphatic rings. The summed E-state index contributed by atoms with van der Waals surface area (Å²) in [5.41, 5.74) is -3.81. The standard InChI is InChI=1S/C23H30O6/c1-5-7-23(8-6-2,15(3)4)29-19(28)22-11-16-9-20(13-22,17(24)25)12-21(10-16,14-22)18(26)27/h5-6,16H,1-3,7-14H2,4H3,(H,24,25)(H,26,27). The van der Waals surface area contributed by atoms with E-state index < -0.39 is 39.8 Å². The SMILES string of the molecule is C=CCC(CC=C)(OC(=O)C12CC3CC(C(=O)O)(CC(C(=O)O)(C3)C1)C2)C(=C)C. The van der Waals surface area contributed by atoms with Crippen LogP contribution in [0.1, 0.15) is 58.3 Å². The first kappa shape index (κ1) is 21.3. The van der Waals surface area contributed by atoms with Gasteiger partial charge in [-0.1, -0.05) is 18.7 Å². The highest BCUT2D eigenvalue weighted by atomic mass is 16.6. The largest absolute Gasteiger partial charge is 0.481 e. The van der Waals surface area contributed by atoms with Crippen molar-refractivity contribution in [3.8, 4) is 0 Å². The van der Waals surface area contributed by atoms with Gasteiger partial charge in [0.1, 0.15) is 5.60 Å². The molecule has 158 valence electrons. The summed E-state index contributed by atoms with van der Waals surface area (Å²) < 4.78 is 6.05. The number of carbonyl (C=O) groups excluding carboxylic acids is 1. The maximum atomic E-state index is 13.6. The second-order valence-electron chi connectivity index (χ2n) is 9.61. The van der Waals surface area contributed by atoms with Gasteiger partial charge in [0.05, 0.1) is 16.2 Å². The van der Waals surface area contributed by atoms with Gasteiger partial charge >= 0.3 is 17.9 Å². The molecule has 0 saturated heterocycles. The molecule has 4 rings (SSSR count). The number of carboxylic acids is 2. The number of hydrogen-bond acceptors (Lipinski definition) is 4. The molecule has 6 nitrogen and oxygen atoms in total. The van der Waals surface area contributed by atoms with Crippen molar-refractivity contribution in [3.05, 3.63) is 37.5 Å². The molecule has 0 aliphatic heterocycles. The van der Waals surface area contributed by atoms with E-state index in [1.807, 2.05) is 0 Å². The summed E-state index contributed by atoms with van der Waals surface area (Å²) in [6.45, 7) is 13.3. The third kappa shape index (κ3) is 3.13. The molecule has 4 aliphatic carbocycles. The van der Waals surface area contributed by atoms with Crippen LogP contribution in [-0.2, 0) is 19.1 Å². The Balaban J connectivity index is 2.02. The lowest BCUT2D eigenvalue weighted by atomic mass is 9.39. The number of carboxylic acid groups (broad SMARTS) is 2. The van der Waals surface area contributed by atoms with Crippen molar-refractivity contribution in [1.82, 2.24) is 0 Å². The molecule has 0 radical (unpaired) electrons. The molecule has 29 heavy (non-hydrogen) atoms. The van der Waals surface area contributed by atoms with Crippen LogP contribution in [0.4, 0.5) is 0 Å². The molecule has 0 heterocycles. The van der Waals surface area contributed by atoms with E-state index in [2.05, 4.69) is 19.7 Å². The molecular formula is C23H30O6. The Bertz CT molecular complexity index is 753. The van der Waals surface area contributed by atoms with E-state index in [1.54, 1.807) is 19.1 Å². The second-order valence-corrected chi connectivity index (χ2v) is 9.61. The van der Waals surface area contributed by atoms with Gasteiger partial charge in [-0.2, -0.15) is 0 Å². The Morgan fingerprint density at radius 3 is 1.76 bits per heavy atom. The zero-order valence-electron chi connectivity index (χ0n) is 17.0. The van der Waals surface area contributed by atoms with Crippen molar-refractivity contribution in [2.75, 3.05) is 0 Å². The summed E-state index contributed by atoms with van der Waals surface area (Å²) >= 11 is 0. The van der Waals surface area contributed by atoms with Gasteiger partial charge in [0, 0.05) is 12.8 Å². The minimum atomic E-state index is -1.18. The van der Waals surface area contributed by atoms with Gasteiger partial charge in [-0.3, -0.25) is 14.4 Å². The lowest BCUT2D eigenvalue weighted by molar-refractivity contribution is -0.216. The van der Waals surface area contributed by atoms with E-state index >= 15 is 0 Å². The molecule has 0 amide bonds. The molecule has 4 saturated carbocycles. The molecule has 4 fully saturated rings. The van der Waals surface area contributed by atoms with Crippen molar-refractivity contribution in [2.24, 2.45) is 22.2 Å². The van der Waals surface area contributed by atoms with Crippen LogP contribution in [0, 0.1) is 22.2 Å². The fourth-order valence-electron chi connectivity index (χ4n) is 6.50. The van der Waals surface area contributed by atoms with E-state index in [4.69, 9.17) is 4.74 Å². The number of aliphatic carboxylic acids is 2. The van der Waals surface area contributed by atoms with Crippen LogP contribution in [0.3, 0.4) is 0 Å². The van der Waals surface area contributed by atoms with Gasteiger partial charge in [-0.15, -0.1) is 13.2 Å². The predicted octanol–water partition coefficient (Wildman–Crippen LogP) is 4.12. The number of ether oxygens (including phenoxy) is 1. The van der Waals surface area contributed by atoms with Crippen LogP contribution in [0.25, 0.3) is 0 Å². The highest BCUT2D eigenvalue weighted by Gasteiger charge is 2.71. The van der Waals surface area contributed by atoms with Gasteiger partial charge in [0.2, 0.25) is 0 Å². The van der Waals surface area contributed by atoms with Gasteiger partial charge in [-0.05, 0) is 56.9 Å². The third-order valence-electron chi connectivity index (χ3n) is 7.42. The molecule has 2 unspecified atom stereocenters. The van der Waals surface area contributed by atoms with E-state index in [0.717, 1.165) is 0 Å². The summed E-state index contributed by atoms with van der Waals surface area (Å²) in [7, 11) is 0. The van der Waals surface area contributed by atoms with Crippen molar-refractivity contribution < 1.29 is 29.3 Å². The molecule has 6 heteroatoms. The van der Waals surface area contributed by atoms with Crippen LogP contribution in [0.5, 0.6) is 0 Å². The summed E-state index contributed by atoms with van der Waals surface area (Å²) in [6, 6.07) is 0. The first-order valence-electron chi connectivity index (χ1n) is 10.1. The van der Waals surface area contributed by atoms with Gasteiger partial charge in [-0.25, -0.2) is 0 Å². The van der Waals surface area contributed by atoms with E-state index in [9.17, 15) is 24.6 Å². The Labute approximate surface area is 171 Å². The van der Waals surface area contributed by atoms with Crippen molar-refractivity contribution in [3.63, 3.8) is 0 Å². The van der Waals surface area contributed by atoms with E-state index in [1.165, 1.54) is 0 Å². The number of rotatable bonds is 9. The van der Waals surface area contributed by atoms with Crippen LogP contribution in [0.15, 0.2) is 37.5 Å². The molecule has 2 N–H and O–H groups in total. The average Bonchev–Trinajstić information content (AvgIpc) is 2.60. The van der Waals surface area contributed by atoms with Gasteiger partial charge < -0.3 is 14.9 Å².